The number of nitrogens with one attached hydrogen (secondary N) is 1. The van der Waals surface area contributed by atoms with Crippen LogP contribution in [0.15, 0.2) is 0 Å². The molecule has 1 aliphatic heterocycles. The highest BCUT2D eigenvalue weighted by Gasteiger charge is 2.32. The predicted molar refractivity (Wildman–Crippen MR) is 59.0 cm³/mol. The van der Waals surface area contributed by atoms with E-state index in [1.165, 1.54) is 14.0 Å². The lowest BCUT2D eigenvalue weighted by Crippen LogP contribution is -2.49. The van der Waals surface area contributed by atoms with Crippen molar-refractivity contribution in [1.29, 1.82) is 0 Å². The number of hydrogen-bond donors (Lipinski definition) is 2. The molecule has 2 N–H and O–H groups in total. The van der Waals surface area contributed by atoms with Gasteiger partial charge in [0.1, 0.15) is 0 Å². The summed E-state index contributed by atoms with van der Waals surface area (Å²) in [6, 6.07) is 0.221. The largest absolute Gasteiger partial charge is 0.467 e. The Hall–Kier alpha value is -0.650. The molecule has 0 spiro atoms. The van der Waals surface area contributed by atoms with Crippen molar-refractivity contribution in [3.63, 3.8) is 0 Å². The van der Waals surface area contributed by atoms with Crippen LogP contribution in [-0.2, 0) is 14.3 Å². The maximum absolute atomic E-state index is 11.2. The highest BCUT2D eigenvalue weighted by atomic mass is 16.5. The zero-order valence-corrected chi connectivity index (χ0v) is 10.2. The molecule has 3 unspecified atom stereocenters. The second-order valence-corrected chi connectivity index (χ2v) is 4.56. The first-order chi connectivity index (χ1) is 7.47. The van der Waals surface area contributed by atoms with Crippen LogP contribution in [0.2, 0.25) is 0 Å². The van der Waals surface area contributed by atoms with Gasteiger partial charge < -0.3 is 19.9 Å². The van der Waals surface area contributed by atoms with Gasteiger partial charge in [-0.25, -0.2) is 4.79 Å². The first-order valence-electron chi connectivity index (χ1n) is 5.59. The molecule has 1 rings (SSSR count). The molecule has 1 fully saturated rings. The Bertz CT molecular complexity index is 236. The number of aliphatic hydroxyl groups is 1. The summed E-state index contributed by atoms with van der Waals surface area (Å²) in [4.78, 5) is 11.2. The maximum atomic E-state index is 11.2. The van der Waals surface area contributed by atoms with Crippen molar-refractivity contribution in [2.45, 2.75) is 31.9 Å². The van der Waals surface area contributed by atoms with Gasteiger partial charge >= 0.3 is 5.97 Å². The summed E-state index contributed by atoms with van der Waals surface area (Å²) in [7, 11) is 1.27. The Balaban J connectivity index is 2.35. The molecule has 1 aliphatic rings. The molecule has 3 atom stereocenters. The third kappa shape index (κ3) is 3.43. The summed E-state index contributed by atoms with van der Waals surface area (Å²) >= 11 is 0. The van der Waals surface area contributed by atoms with E-state index in [1.54, 1.807) is 0 Å². The number of carbonyl (C=O) groups excluding carboxylic acids is 1. The normalized spacial score (nSPS) is 26.1. The Morgan fingerprint density at radius 3 is 2.94 bits per heavy atom. The van der Waals surface area contributed by atoms with E-state index in [0.29, 0.717) is 5.92 Å². The summed E-state index contributed by atoms with van der Waals surface area (Å²) in [5.41, 5.74) is -1.47. The standard InChI is InChI=1S/C11H21NO4/c1-8(9-4-5-16-6-9)12-7-11(2,14)10(13)15-3/h8-9,12,14H,4-7H2,1-3H3. The van der Waals surface area contributed by atoms with Gasteiger partial charge in [-0.2, -0.15) is 0 Å². The SMILES string of the molecule is COC(=O)C(C)(O)CNC(C)C1CCOC1. The molecule has 0 aliphatic carbocycles. The molecule has 0 aromatic rings. The topological polar surface area (TPSA) is 67.8 Å². The van der Waals surface area contributed by atoms with Crippen LogP contribution in [0.1, 0.15) is 20.3 Å². The zero-order chi connectivity index (χ0) is 12.2. The Morgan fingerprint density at radius 1 is 1.75 bits per heavy atom. The number of methoxy groups -OCH3 is 1. The van der Waals surface area contributed by atoms with Gasteiger partial charge in [0.2, 0.25) is 0 Å². The second-order valence-electron chi connectivity index (χ2n) is 4.56. The van der Waals surface area contributed by atoms with Crippen LogP contribution in [0.3, 0.4) is 0 Å². The zero-order valence-electron chi connectivity index (χ0n) is 10.2. The average Bonchev–Trinajstić information content (AvgIpc) is 2.78. The maximum Gasteiger partial charge on any atom is 0.338 e. The fourth-order valence-electron chi connectivity index (χ4n) is 1.77. The van der Waals surface area contributed by atoms with E-state index in [1.807, 2.05) is 6.92 Å². The first kappa shape index (κ1) is 13.4. The average molecular weight is 231 g/mol. The fraction of sp³-hybridized carbons (Fsp3) is 0.909. The van der Waals surface area contributed by atoms with Gasteiger partial charge in [0.25, 0.3) is 0 Å². The first-order valence-corrected chi connectivity index (χ1v) is 5.59. The van der Waals surface area contributed by atoms with Crippen LogP contribution in [0.5, 0.6) is 0 Å². The van der Waals surface area contributed by atoms with Crippen molar-refractivity contribution in [3.8, 4) is 0 Å². The molecule has 1 saturated heterocycles. The highest BCUT2D eigenvalue weighted by Crippen LogP contribution is 2.17. The second kappa shape index (κ2) is 5.61. The van der Waals surface area contributed by atoms with Gasteiger partial charge in [-0.15, -0.1) is 0 Å². The van der Waals surface area contributed by atoms with Crippen molar-refractivity contribution >= 4 is 5.97 Å². The lowest BCUT2D eigenvalue weighted by atomic mass is 9.99. The number of ether oxygens (including phenoxy) is 2. The van der Waals surface area contributed by atoms with E-state index in [4.69, 9.17) is 4.74 Å². The van der Waals surface area contributed by atoms with Crippen molar-refractivity contribution < 1.29 is 19.4 Å². The minimum absolute atomic E-state index is 0.192. The van der Waals surface area contributed by atoms with E-state index >= 15 is 0 Å². The Morgan fingerprint density at radius 2 is 2.44 bits per heavy atom. The summed E-state index contributed by atoms with van der Waals surface area (Å²) in [5.74, 6) is -0.164. The number of esters is 1. The monoisotopic (exact) mass is 231 g/mol. The molecule has 0 aromatic carbocycles. The van der Waals surface area contributed by atoms with Gasteiger partial charge in [0.15, 0.2) is 5.60 Å². The lowest BCUT2D eigenvalue weighted by Gasteiger charge is -2.25. The summed E-state index contributed by atoms with van der Waals surface area (Å²) in [6.45, 7) is 5.21. The Kier molecular flexibility index (Phi) is 4.70. The van der Waals surface area contributed by atoms with Crippen LogP contribution in [-0.4, -0.2) is 49.6 Å². The molecule has 0 aromatic heterocycles. The number of carbonyl (C=O) groups is 1. The van der Waals surface area contributed by atoms with Crippen molar-refractivity contribution in [3.05, 3.63) is 0 Å². The molecular weight excluding hydrogens is 210 g/mol. The number of rotatable bonds is 5. The summed E-state index contributed by atoms with van der Waals surface area (Å²) in [5, 5.41) is 13.0. The van der Waals surface area contributed by atoms with Gasteiger partial charge in [0, 0.05) is 19.2 Å². The minimum atomic E-state index is -1.47. The molecule has 0 saturated carbocycles. The van der Waals surface area contributed by atoms with Crippen LogP contribution in [0, 0.1) is 5.92 Å². The molecule has 16 heavy (non-hydrogen) atoms. The summed E-state index contributed by atoms with van der Waals surface area (Å²) in [6.07, 6.45) is 1.02. The molecular formula is C11H21NO4. The van der Waals surface area contributed by atoms with Gasteiger partial charge in [-0.3, -0.25) is 0 Å². The van der Waals surface area contributed by atoms with E-state index in [-0.39, 0.29) is 12.6 Å². The number of hydrogen-bond acceptors (Lipinski definition) is 5. The molecule has 0 bridgehead atoms. The third-order valence-electron chi connectivity index (χ3n) is 3.07. The van der Waals surface area contributed by atoms with Gasteiger partial charge in [0.05, 0.1) is 13.7 Å². The minimum Gasteiger partial charge on any atom is -0.467 e. The van der Waals surface area contributed by atoms with Crippen molar-refractivity contribution in [1.82, 2.24) is 5.32 Å². The molecule has 0 radical (unpaired) electrons. The predicted octanol–water partition coefficient (Wildman–Crippen LogP) is -0.0750. The van der Waals surface area contributed by atoms with Crippen LogP contribution in [0.4, 0.5) is 0 Å². The smallest absolute Gasteiger partial charge is 0.338 e. The van der Waals surface area contributed by atoms with Crippen LogP contribution < -0.4 is 5.32 Å². The van der Waals surface area contributed by atoms with E-state index < -0.39 is 11.6 Å². The van der Waals surface area contributed by atoms with Crippen molar-refractivity contribution in [2.75, 3.05) is 26.9 Å². The van der Waals surface area contributed by atoms with Gasteiger partial charge in [-0.1, -0.05) is 0 Å². The van der Waals surface area contributed by atoms with E-state index in [9.17, 15) is 9.90 Å². The Labute approximate surface area is 96.1 Å². The van der Waals surface area contributed by atoms with Crippen LogP contribution in [0.25, 0.3) is 0 Å². The van der Waals surface area contributed by atoms with Crippen molar-refractivity contribution in [2.24, 2.45) is 5.92 Å². The van der Waals surface area contributed by atoms with E-state index in [2.05, 4.69) is 10.1 Å². The van der Waals surface area contributed by atoms with E-state index in [0.717, 1.165) is 19.6 Å². The molecule has 5 heteroatoms. The van der Waals surface area contributed by atoms with Gasteiger partial charge in [-0.05, 0) is 26.2 Å². The fourth-order valence-corrected chi connectivity index (χ4v) is 1.77. The van der Waals surface area contributed by atoms with Crippen LogP contribution >= 0.6 is 0 Å². The molecule has 0 amide bonds. The molecule has 1 heterocycles. The molecule has 5 nitrogen and oxygen atoms in total. The quantitative estimate of drug-likeness (QED) is 0.648. The molecule has 94 valence electrons. The summed E-state index contributed by atoms with van der Waals surface area (Å²) < 4.78 is 9.80. The lowest BCUT2D eigenvalue weighted by molar-refractivity contribution is -0.160. The highest BCUT2D eigenvalue weighted by molar-refractivity contribution is 5.78. The third-order valence-corrected chi connectivity index (χ3v) is 3.07.